The van der Waals surface area contributed by atoms with Crippen molar-refractivity contribution >= 4 is 27.8 Å². The molecule has 18 heavy (non-hydrogen) atoms. The van der Waals surface area contributed by atoms with Gasteiger partial charge in [-0.15, -0.1) is 5.11 Å². The molecule has 0 fully saturated rings. The van der Waals surface area contributed by atoms with Crippen LogP contribution in [0.25, 0.3) is 0 Å². The fraction of sp³-hybridized carbons (Fsp3) is 0. The Morgan fingerprint density at radius 1 is 1.39 bits per heavy atom. The van der Waals surface area contributed by atoms with Crippen LogP contribution in [0, 0.1) is 0 Å². The molecule has 96 valence electrons. The molecule has 1 aromatic rings. The van der Waals surface area contributed by atoms with Crippen LogP contribution in [0.1, 0.15) is 0 Å². The Kier molecular flexibility index (Phi) is 4.52. The largest absolute Gasteiger partial charge is 0.419 e. The third-order valence-electron chi connectivity index (χ3n) is 1.56. The van der Waals surface area contributed by atoms with Crippen molar-refractivity contribution in [1.82, 2.24) is 0 Å². The van der Waals surface area contributed by atoms with E-state index in [0.717, 1.165) is 6.26 Å². The van der Waals surface area contributed by atoms with Gasteiger partial charge in [-0.2, -0.15) is 8.42 Å². The highest BCUT2D eigenvalue weighted by Gasteiger charge is 2.02. The lowest BCUT2D eigenvalue weighted by atomic mass is 10.3. The van der Waals surface area contributed by atoms with Crippen LogP contribution in [-0.2, 0) is 15.0 Å². The van der Waals surface area contributed by atoms with Crippen LogP contribution in [0.3, 0.4) is 0 Å². The minimum Gasteiger partial charge on any atom is -0.419 e. The topological polar surface area (TPSA) is 117 Å². The Morgan fingerprint density at radius 2 is 2.00 bits per heavy atom. The van der Waals surface area contributed by atoms with E-state index in [1.807, 2.05) is 0 Å². The lowest BCUT2D eigenvalue weighted by Crippen LogP contribution is -2.09. The summed E-state index contributed by atoms with van der Waals surface area (Å²) in [5, 5.41) is 5.63. The maximum Gasteiger partial charge on any atom is 0.416 e. The van der Waals surface area contributed by atoms with E-state index in [4.69, 9.17) is 4.55 Å². The first kappa shape index (κ1) is 13.8. The number of nitrogens with one attached hydrogen (secondary N) is 1. The molecule has 1 rings (SSSR count). The van der Waals surface area contributed by atoms with Gasteiger partial charge in [0.05, 0.1) is 11.9 Å². The van der Waals surface area contributed by atoms with Gasteiger partial charge in [0.1, 0.15) is 0 Å². The molecule has 0 aromatic heterocycles. The third kappa shape index (κ3) is 5.18. The number of hydrogen-bond acceptors (Lipinski definition) is 5. The second kappa shape index (κ2) is 5.89. The Hall–Kier alpha value is -2.26. The van der Waals surface area contributed by atoms with Crippen LogP contribution in [0.15, 0.2) is 46.7 Å². The van der Waals surface area contributed by atoms with Crippen LogP contribution in [0.4, 0.5) is 16.2 Å². The highest BCUT2D eigenvalue weighted by atomic mass is 32.2. The molecule has 0 aliphatic rings. The van der Waals surface area contributed by atoms with Crippen molar-refractivity contribution in [3.05, 3.63) is 37.1 Å². The number of amides is 1. The van der Waals surface area contributed by atoms with Gasteiger partial charge in [-0.1, -0.05) is 6.58 Å². The highest BCUT2D eigenvalue weighted by Crippen LogP contribution is 2.17. The lowest BCUT2D eigenvalue weighted by Gasteiger charge is -2.02. The second-order valence-corrected chi connectivity index (χ2v) is 3.93. The molecule has 0 aliphatic carbocycles. The van der Waals surface area contributed by atoms with Crippen LogP contribution >= 0.6 is 0 Å². The van der Waals surface area contributed by atoms with E-state index in [1.165, 1.54) is 24.3 Å². The van der Waals surface area contributed by atoms with E-state index < -0.39 is 16.4 Å². The molecule has 0 unspecified atom stereocenters. The molecule has 0 heterocycles. The summed E-state index contributed by atoms with van der Waals surface area (Å²) in [4.78, 5) is 11.0. The molecule has 0 spiro atoms. The maximum absolute atomic E-state index is 11.0. The molecule has 1 aromatic carbocycles. The highest BCUT2D eigenvalue weighted by molar-refractivity contribution is 7.84. The molecule has 0 aliphatic heterocycles. The minimum absolute atomic E-state index is 0.190. The summed E-state index contributed by atoms with van der Waals surface area (Å²) in [6.45, 7) is 3.21. The van der Waals surface area contributed by atoms with Gasteiger partial charge in [-0.25, -0.2) is 4.79 Å². The van der Waals surface area contributed by atoms with Crippen molar-refractivity contribution in [3.63, 3.8) is 0 Å². The molecule has 0 atom stereocenters. The summed E-state index contributed by atoms with van der Waals surface area (Å²) in [6.07, 6.45) is 0.265. The van der Waals surface area contributed by atoms with E-state index in [2.05, 4.69) is 26.3 Å². The summed E-state index contributed by atoms with van der Waals surface area (Å²) in [5.74, 6) is 0. The van der Waals surface area contributed by atoms with Crippen molar-refractivity contribution in [1.29, 1.82) is 0 Å². The molecular formula is C9H9N3O5S. The molecular weight excluding hydrogens is 262 g/mol. The van der Waals surface area contributed by atoms with Gasteiger partial charge in [0.25, 0.3) is 0 Å². The third-order valence-corrected chi connectivity index (χ3v) is 1.85. The van der Waals surface area contributed by atoms with Crippen LogP contribution in [0.5, 0.6) is 0 Å². The van der Waals surface area contributed by atoms with Crippen molar-refractivity contribution in [3.8, 4) is 0 Å². The fourth-order valence-electron chi connectivity index (χ4n) is 0.933. The van der Waals surface area contributed by atoms with E-state index >= 15 is 0 Å². The number of ether oxygens (including phenoxy) is 1. The lowest BCUT2D eigenvalue weighted by molar-refractivity contribution is 0.201. The number of carbonyl (C=O) groups excluding carboxylic acids is 1. The number of hydrogen-bond donors (Lipinski definition) is 2. The predicted molar refractivity (Wildman–Crippen MR) is 62.8 cm³/mol. The predicted octanol–water partition coefficient (Wildman–Crippen LogP) is 2.27. The number of anilines is 1. The van der Waals surface area contributed by atoms with E-state index in [-0.39, 0.29) is 5.69 Å². The Balaban J connectivity index is 2.71. The molecule has 2 N–H and O–H groups in total. The Morgan fingerprint density at radius 3 is 2.50 bits per heavy atom. The number of nitrogens with zero attached hydrogens (tertiary/aromatic N) is 2. The molecule has 0 saturated heterocycles. The van der Waals surface area contributed by atoms with Crippen LogP contribution in [0.2, 0.25) is 0 Å². The van der Waals surface area contributed by atoms with Gasteiger partial charge in [0, 0.05) is 5.69 Å². The fourth-order valence-corrected chi connectivity index (χ4v) is 1.13. The zero-order valence-corrected chi connectivity index (χ0v) is 9.79. The molecule has 0 bridgehead atoms. The normalized spacial score (nSPS) is 11.2. The summed E-state index contributed by atoms with van der Waals surface area (Å²) in [6, 6.07) is 5.67. The van der Waals surface area contributed by atoms with E-state index in [0.29, 0.717) is 5.69 Å². The Bertz CT molecular complexity index is 564. The molecule has 0 radical (unpaired) electrons. The van der Waals surface area contributed by atoms with E-state index in [1.54, 1.807) is 0 Å². The minimum atomic E-state index is -4.50. The van der Waals surface area contributed by atoms with Gasteiger partial charge in [0.15, 0.2) is 0 Å². The first-order valence-corrected chi connectivity index (χ1v) is 5.89. The van der Waals surface area contributed by atoms with Gasteiger partial charge >= 0.3 is 16.4 Å². The van der Waals surface area contributed by atoms with Gasteiger partial charge in [-0.3, -0.25) is 9.87 Å². The zero-order valence-electron chi connectivity index (χ0n) is 8.98. The molecule has 0 saturated carbocycles. The summed E-state index contributed by atoms with van der Waals surface area (Å²) in [7, 11) is -4.50. The monoisotopic (exact) mass is 271 g/mol. The van der Waals surface area contributed by atoms with Crippen molar-refractivity contribution in [2.75, 3.05) is 5.32 Å². The molecule has 1 amide bonds. The first-order chi connectivity index (χ1) is 8.40. The average molecular weight is 271 g/mol. The van der Waals surface area contributed by atoms with Crippen LogP contribution in [-0.4, -0.2) is 19.1 Å². The van der Waals surface area contributed by atoms with E-state index in [9.17, 15) is 13.2 Å². The maximum atomic E-state index is 11.0. The first-order valence-electron chi connectivity index (χ1n) is 4.50. The number of benzene rings is 1. The molecule has 9 heteroatoms. The number of rotatable bonds is 4. The van der Waals surface area contributed by atoms with Crippen LogP contribution < -0.4 is 5.32 Å². The standard InChI is InChI=1S/C9H9N3O5S/c1-2-17-9(13)10-7-3-5-8(6-4-7)11-12-18(14,15)16/h2-6H,1H2,(H,10,13)(H,14,15,16)/b12-11+. The smallest absolute Gasteiger partial charge is 0.416 e. The van der Waals surface area contributed by atoms with Crippen molar-refractivity contribution < 1.29 is 22.5 Å². The summed E-state index contributed by atoms with van der Waals surface area (Å²) < 4.78 is 36.0. The van der Waals surface area contributed by atoms with Crippen molar-refractivity contribution in [2.45, 2.75) is 0 Å². The van der Waals surface area contributed by atoms with Gasteiger partial charge in [-0.05, 0) is 28.8 Å². The Labute approximate surface area is 103 Å². The zero-order chi connectivity index (χ0) is 13.6. The molecule has 8 nitrogen and oxygen atoms in total. The van der Waals surface area contributed by atoms with Crippen molar-refractivity contribution in [2.24, 2.45) is 9.63 Å². The second-order valence-electron chi connectivity index (χ2n) is 2.87. The average Bonchev–Trinajstić information content (AvgIpc) is 2.27. The summed E-state index contributed by atoms with van der Waals surface area (Å²) >= 11 is 0. The van der Waals surface area contributed by atoms with Gasteiger partial charge in [0.2, 0.25) is 0 Å². The quantitative estimate of drug-likeness (QED) is 0.494. The SMILES string of the molecule is C=COC(=O)Nc1ccc(/N=N/S(=O)(=O)O)cc1. The number of carbonyl (C=O) groups is 1. The van der Waals surface area contributed by atoms with Gasteiger partial charge < -0.3 is 4.74 Å². The summed E-state index contributed by atoms with van der Waals surface area (Å²) in [5.41, 5.74) is 0.600.